The lowest BCUT2D eigenvalue weighted by molar-refractivity contribution is -0.0643. The monoisotopic (exact) mass is 198 g/mol. The molecule has 0 aliphatic rings. The molecule has 0 aromatic heterocycles. The van der Waals surface area contributed by atoms with Crippen LogP contribution in [0.5, 0.6) is 0 Å². The molecule has 0 aliphatic heterocycles. The molecular weight excluding hydrogens is 176 g/mol. The van der Waals surface area contributed by atoms with Crippen LogP contribution in [0.3, 0.4) is 0 Å². The van der Waals surface area contributed by atoms with Gasteiger partial charge in [-0.2, -0.15) is 0 Å². The van der Waals surface area contributed by atoms with Crippen molar-refractivity contribution in [3.63, 3.8) is 0 Å². The van der Waals surface area contributed by atoms with Crippen molar-refractivity contribution < 1.29 is 9.84 Å². The number of rotatable bonds is 7. The molecule has 2 atom stereocenters. The highest BCUT2D eigenvalue weighted by Crippen LogP contribution is 2.31. The molecule has 82 valence electrons. The Bertz CT molecular complexity index is 185. The summed E-state index contributed by atoms with van der Waals surface area (Å²) < 4.78 is 5.36. The van der Waals surface area contributed by atoms with Gasteiger partial charge in [0.15, 0.2) is 0 Å². The first kappa shape index (κ1) is 13.4. The maximum atomic E-state index is 9.92. The molecule has 0 bridgehead atoms. The van der Waals surface area contributed by atoms with Crippen LogP contribution < -0.4 is 0 Å². The third kappa shape index (κ3) is 3.28. The first-order chi connectivity index (χ1) is 6.50. The van der Waals surface area contributed by atoms with Crippen LogP contribution in [-0.4, -0.2) is 24.4 Å². The van der Waals surface area contributed by atoms with Gasteiger partial charge in [0, 0.05) is 12.5 Å². The third-order valence-corrected chi connectivity index (χ3v) is 2.74. The van der Waals surface area contributed by atoms with Gasteiger partial charge in [-0.15, -0.1) is 13.2 Å². The summed E-state index contributed by atoms with van der Waals surface area (Å²) in [5.41, 5.74) is -0.281. The average Bonchev–Trinajstić information content (AvgIpc) is 2.14. The van der Waals surface area contributed by atoms with Gasteiger partial charge >= 0.3 is 0 Å². The predicted molar refractivity (Wildman–Crippen MR) is 60.2 cm³/mol. The molecule has 0 saturated carbocycles. The second-order valence-electron chi connectivity index (χ2n) is 4.11. The molecule has 0 saturated heterocycles. The Morgan fingerprint density at radius 2 is 1.79 bits per heavy atom. The van der Waals surface area contributed by atoms with Crippen LogP contribution in [-0.2, 0) is 4.74 Å². The molecule has 0 amide bonds. The maximum absolute atomic E-state index is 9.92. The molecule has 0 radical (unpaired) electrons. The van der Waals surface area contributed by atoms with E-state index in [1.165, 1.54) is 0 Å². The Morgan fingerprint density at radius 1 is 1.29 bits per heavy atom. The van der Waals surface area contributed by atoms with Crippen LogP contribution in [0.1, 0.15) is 26.7 Å². The van der Waals surface area contributed by atoms with Crippen molar-refractivity contribution in [1.29, 1.82) is 0 Å². The minimum absolute atomic E-state index is 0.00468. The minimum Gasteiger partial charge on any atom is -0.392 e. The van der Waals surface area contributed by atoms with Crippen molar-refractivity contribution >= 4 is 0 Å². The smallest absolute Gasteiger partial charge is 0.0681 e. The molecular formula is C12H22O2. The molecule has 14 heavy (non-hydrogen) atoms. The van der Waals surface area contributed by atoms with Gasteiger partial charge < -0.3 is 9.84 Å². The molecule has 0 aromatic carbocycles. The van der Waals surface area contributed by atoms with E-state index in [9.17, 15) is 5.11 Å². The van der Waals surface area contributed by atoms with E-state index < -0.39 is 6.10 Å². The number of hydrogen-bond donors (Lipinski definition) is 1. The van der Waals surface area contributed by atoms with E-state index >= 15 is 0 Å². The summed E-state index contributed by atoms with van der Waals surface area (Å²) in [7, 11) is 1.66. The number of methoxy groups -OCH3 is 1. The first-order valence-corrected chi connectivity index (χ1v) is 4.93. The molecule has 0 aliphatic carbocycles. The van der Waals surface area contributed by atoms with Crippen molar-refractivity contribution in [3.8, 4) is 0 Å². The van der Waals surface area contributed by atoms with Crippen LogP contribution >= 0.6 is 0 Å². The zero-order valence-corrected chi connectivity index (χ0v) is 9.49. The van der Waals surface area contributed by atoms with Gasteiger partial charge in [-0.25, -0.2) is 0 Å². The Hall–Kier alpha value is -0.600. The number of aliphatic hydroxyl groups excluding tert-OH is 1. The van der Waals surface area contributed by atoms with Gasteiger partial charge in [0.2, 0.25) is 0 Å². The van der Waals surface area contributed by atoms with E-state index in [0.29, 0.717) is 6.42 Å². The Balaban J connectivity index is 4.51. The fourth-order valence-electron chi connectivity index (χ4n) is 1.53. The average molecular weight is 198 g/mol. The topological polar surface area (TPSA) is 29.5 Å². The second-order valence-corrected chi connectivity index (χ2v) is 4.11. The maximum Gasteiger partial charge on any atom is 0.0681 e. The Morgan fingerprint density at radius 3 is 2.14 bits per heavy atom. The minimum atomic E-state index is -0.426. The second kappa shape index (κ2) is 5.99. The third-order valence-electron chi connectivity index (χ3n) is 2.74. The van der Waals surface area contributed by atoms with Crippen LogP contribution in [0.2, 0.25) is 0 Å². The molecule has 1 N–H and O–H groups in total. The fourth-order valence-corrected chi connectivity index (χ4v) is 1.53. The van der Waals surface area contributed by atoms with Gasteiger partial charge in [0.1, 0.15) is 0 Å². The summed E-state index contributed by atoms with van der Waals surface area (Å²) in [6, 6.07) is 0. The van der Waals surface area contributed by atoms with E-state index in [-0.39, 0.29) is 11.5 Å². The highest BCUT2D eigenvalue weighted by molar-refractivity contribution is 4.92. The summed E-state index contributed by atoms with van der Waals surface area (Å²) in [5, 5.41) is 9.92. The lowest BCUT2D eigenvalue weighted by atomic mass is 9.78. The fraction of sp³-hybridized carbons (Fsp3) is 0.667. The SMILES string of the molecule is C=CC[C@@H](O)C(C)(C)[C@@H](CC=C)OC. The lowest BCUT2D eigenvalue weighted by Gasteiger charge is -2.36. The van der Waals surface area contributed by atoms with E-state index in [4.69, 9.17) is 4.74 Å². The Kier molecular flexibility index (Phi) is 5.73. The van der Waals surface area contributed by atoms with Crippen molar-refractivity contribution in [2.45, 2.75) is 38.9 Å². The highest BCUT2D eigenvalue weighted by atomic mass is 16.5. The summed E-state index contributed by atoms with van der Waals surface area (Å²) in [6.45, 7) is 11.3. The molecule has 2 nitrogen and oxygen atoms in total. The van der Waals surface area contributed by atoms with Crippen molar-refractivity contribution in [3.05, 3.63) is 25.3 Å². The van der Waals surface area contributed by atoms with E-state index in [1.807, 2.05) is 19.9 Å². The molecule has 0 heterocycles. The van der Waals surface area contributed by atoms with Gasteiger partial charge in [-0.3, -0.25) is 0 Å². The zero-order valence-electron chi connectivity index (χ0n) is 9.49. The first-order valence-electron chi connectivity index (χ1n) is 4.93. The molecule has 0 fully saturated rings. The van der Waals surface area contributed by atoms with Crippen molar-refractivity contribution in [2.75, 3.05) is 7.11 Å². The van der Waals surface area contributed by atoms with Crippen LogP contribution in [0.15, 0.2) is 25.3 Å². The summed E-state index contributed by atoms with van der Waals surface area (Å²) in [4.78, 5) is 0. The number of ether oxygens (including phenoxy) is 1. The normalized spacial score (nSPS) is 16.0. The van der Waals surface area contributed by atoms with Gasteiger partial charge in [-0.05, 0) is 12.8 Å². The lowest BCUT2D eigenvalue weighted by Crippen LogP contribution is -2.41. The highest BCUT2D eigenvalue weighted by Gasteiger charge is 2.35. The van der Waals surface area contributed by atoms with Crippen molar-refractivity contribution in [2.24, 2.45) is 5.41 Å². The van der Waals surface area contributed by atoms with Crippen LogP contribution in [0, 0.1) is 5.41 Å². The number of aliphatic hydroxyl groups is 1. The van der Waals surface area contributed by atoms with Crippen molar-refractivity contribution in [1.82, 2.24) is 0 Å². The molecule has 0 rings (SSSR count). The summed E-state index contributed by atoms with van der Waals surface area (Å²) in [6.07, 6.45) is 4.45. The summed E-state index contributed by atoms with van der Waals surface area (Å²) in [5.74, 6) is 0. The largest absolute Gasteiger partial charge is 0.392 e. The molecule has 2 heteroatoms. The van der Waals surface area contributed by atoms with E-state index in [1.54, 1.807) is 13.2 Å². The van der Waals surface area contributed by atoms with Gasteiger partial charge in [0.05, 0.1) is 12.2 Å². The van der Waals surface area contributed by atoms with Crippen LogP contribution in [0.25, 0.3) is 0 Å². The quantitative estimate of drug-likeness (QED) is 0.637. The van der Waals surface area contributed by atoms with Gasteiger partial charge in [-0.1, -0.05) is 26.0 Å². The Labute approximate surface area is 87.3 Å². The molecule has 0 aromatic rings. The zero-order chi connectivity index (χ0) is 11.2. The molecule has 0 spiro atoms. The standard InChI is InChI=1S/C12H22O2/c1-6-8-10(13)12(3,4)11(14-5)9-7-2/h6-7,10-11,13H,1-2,8-9H2,3-5H3/t10-,11-/m1/s1. The number of hydrogen-bond acceptors (Lipinski definition) is 2. The molecule has 0 unspecified atom stereocenters. The van der Waals surface area contributed by atoms with E-state index in [0.717, 1.165) is 6.42 Å². The van der Waals surface area contributed by atoms with Crippen LogP contribution in [0.4, 0.5) is 0 Å². The van der Waals surface area contributed by atoms with Gasteiger partial charge in [0.25, 0.3) is 0 Å². The predicted octanol–water partition coefficient (Wildman–Crippen LogP) is 2.54. The van der Waals surface area contributed by atoms with E-state index in [2.05, 4.69) is 13.2 Å². The summed E-state index contributed by atoms with van der Waals surface area (Å²) >= 11 is 0.